The van der Waals surface area contributed by atoms with Gasteiger partial charge in [-0.25, -0.2) is 15.0 Å². The minimum Gasteiger partial charge on any atom is -0.497 e. The number of nitrogen functional groups attached to an aromatic ring is 1. The molecule has 0 aliphatic carbocycles. The Balaban J connectivity index is 1.42. The van der Waals surface area contributed by atoms with Gasteiger partial charge in [-0.05, 0) is 40.1 Å². The first-order chi connectivity index (χ1) is 17.6. The summed E-state index contributed by atoms with van der Waals surface area (Å²) in [5.74, 6) is 0.739. The maximum Gasteiger partial charge on any atom is 0.253 e. The number of nitriles is 1. The molecule has 1 aliphatic heterocycles. The number of carbonyl (C=O) groups excluding carboxylic acids is 1. The molecule has 0 spiro atoms. The maximum absolute atomic E-state index is 13.4. The van der Waals surface area contributed by atoms with Crippen molar-refractivity contribution in [1.82, 2.24) is 15.0 Å². The zero-order valence-electron chi connectivity index (χ0n) is 19.5. The predicted molar refractivity (Wildman–Crippen MR) is 140 cm³/mol. The van der Waals surface area contributed by atoms with E-state index in [4.69, 9.17) is 20.8 Å². The van der Waals surface area contributed by atoms with E-state index in [0.717, 1.165) is 45.1 Å². The van der Waals surface area contributed by atoms with Crippen molar-refractivity contribution >= 4 is 40.0 Å². The molecule has 0 saturated carbocycles. The third-order valence-electron chi connectivity index (χ3n) is 5.99. The van der Waals surface area contributed by atoms with E-state index in [9.17, 15) is 4.79 Å². The standard InChI is InChI=1S/C27H22N6O2S/c1-35-22-10-8-18(9-11-22)24-13-23(20-7-6-17-4-2-3-5-19(17)12-20)32-33(24)25(34)16-36-27-30-15-21(14-28)26(29)31-27/h2-12,15,24H,13,16H2,1H3,(H2,29,30,31)/t24-/m1/s1. The smallest absolute Gasteiger partial charge is 0.253 e. The average molecular weight is 495 g/mol. The summed E-state index contributed by atoms with van der Waals surface area (Å²) >= 11 is 1.16. The Morgan fingerprint density at radius 2 is 1.94 bits per heavy atom. The molecule has 0 radical (unpaired) electrons. The topological polar surface area (TPSA) is 117 Å². The molecule has 5 rings (SSSR count). The molecule has 2 N–H and O–H groups in total. The number of hydrogen-bond acceptors (Lipinski definition) is 8. The summed E-state index contributed by atoms with van der Waals surface area (Å²) in [4.78, 5) is 21.6. The molecule has 2 heterocycles. The number of rotatable bonds is 6. The van der Waals surface area contributed by atoms with Crippen LogP contribution in [-0.4, -0.2) is 39.5 Å². The minimum absolute atomic E-state index is 0.0759. The van der Waals surface area contributed by atoms with E-state index in [2.05, 4.69) is 34.2 Å². The van der Waals surface area contributed by atoms with Gasteiger partial charge in [0, 0.05) is 6.42 Å². The second kappa shape index (κ2) is 10.1. The van der Waals surface area contributed by atoms with Crippen LogP contribution in [0.25, 0.3) is 10.8 Å². The quantitative estimate of drug-likeness (QED) is 0.308. The highest BCUT2D eigenvalue weighted by molar-refractivity contribution is 7.99. The van der Waals surface area contributed by atoms with E-state index in [-0.39, 0.29) is 29.1 Å². The molecule has 1 amide bonds. The van der Waals surface area contributed by atoms with Crippen LogP contribution in [0.2, 0.25) is 0 Å². The Bertz CT molecular complexity index is 1510. The van der Waals surface area contributed by atoms with Crippen molar-refractivity contribution in [1.29, 1.82) is 5.26 Å². The van der Waals surface area contributed by atoms with Gasteiger partial charge >= 0.3 is 0 Å². The largest absolute Gasteiger partial charge is 0.497 e. The number of fused-ring (bicyclic) bond motifs is 1. The number of ether oxygens (including phenoxy) is 1. The molecule has 1 atom stereocenters. The first-order valence-electron chi connectivity index (χ1n) is 11.2. The van der Waals surface area contributed by atoms with Crippen LogP contribution in [-0.2, 0) is 4.79 Å². The number of nitrogens with two attached hydrogens (primary N) is 1. The molecule has 3 aromatic carbocycles. The number of aromatic nitrogens is 2. The van der Waals surface area contributed by atoms with Gasteiger partial charge in [-0.2, -0.15) is 10.4 Å². The lowest BCUT2D eigenvalue weighted by Crippen LogP contribution is -2.28. The summed E-state index contributed by atoms with van der Waals surface area (Å²) in [5, 5.41) is 17.9. The SMILES string of the molecule is COc1ccc([C@H]2CC(c3ccc4ccccc4c3)=NN2C(=O)CSc2ncc(C#N)c(N)n2)cc1. The van der Waals surface area contributed by atoms with Gasteiger partial charge in [0.05, 0.1) is 30.8 Å². The van der Waals surface area contributed by atoms with E-state index in [1.807, 2.05) is 48.5 Å². The fourth-order valence-electron chi connectivity index (χ4n) is 4.10. The number of hydrogen-bond donors (Lipinski definition) is 1. The van der Waals surface area contributed by atoms with Gasteiger partial charge in [-0.15, -0.1) is 0 Å². The molecule has 178 valence electrons. The maximum atomic E-state index is 13.4. The molecular weight excluding hydrogens is 472 g/mol. The van der Waals surface area contributed by atoms with E-state index in [0.29, 0.717) is 11.6 Å². The molecule has 1 aromatic heterocycles. The highest BCUT2D eigenvalue weighted by atomic mass is 32.2. The third-order valence-corrected chi connectivity index (χ3v) is 6.84. The molecule has 0 saturated heterocycles. The molecular formula is C27H22N6O2S. The zero-order chi connectivity index (χ0) is 25.1. The Kier molecular flexibility index (Phi) is 6.52. The van der Waals surface area contributed by atoms with Crippen molar-refractivity contribution in [2.24, 2.45) is 5.10 Å². The van der Waals surface area contributed by atoms with Gasteiger partial charge in [0.2, 0.25) is 0 Å². The minimum atomic E-state index is -0.252. The van der Waals surface area contributed by atoms with E-state index < -0.39 is 0 Å². The zero-order valence-corrected chi connectivity index (χ0v) is 20.3. The van der Waals surface area contributed by atoms with Gasteiger partial charge in [-0.3, -0.25) is 4.79 Å². The Hall–Kier alpha value is -4.42. The highest BCUT2D eigenvalue weighted by Gasteiger charge is 2.33. The normalized spacial score (nSPS) is 14.9. The fourth-order valence-corrected chi connectivity index (χ4v) is 4.77. The van der Waals surface area contributed by atoms with Crippen LogP contribution in [0.5, 0.6) is 5.75 Å². The van der Waals surface area contributed by atoms with Crippen LogP contribution in [0.15, 0.2) is 83.2 Å². The summed E-state index contributed by atoms with van der Waals surface area (Å²) in [6.07, 6.45) is 1.95. The lowest BCUT2D eigenvalue weighted by Gasteiger charge is -2.22. The highest BCUT2D eigenvalue weighted by Crippen LogP contribution is 2.35. The monoisotopic (exact) mass is 494 g/mol. The van der Waals surface area contributed by atoms with Crippen LogP contribution < -0.4 is 10.5 Å². The van der Waals surface area contributed by atoms with Gasteiger partial charge in [0.25, 0.3) is 5.91 Å². The van der Waals surface area contributed by atoms with E-state index in [1.165, 1.54) is 6.20 Å². The lowest BCUT2D eigenvalue weighted by atomic mass is 9.97. The molecule has 36 heavy (non-hydrogen) atoms. The third kappa shape index (κ3) is 4.72. The fraction of sp³-hybridized carbons (Fsp3) is 0.148. The van der Waals surface area contributed by atoms with Crippen LogP contribution in [0.4, 0.5) is 5.82 Å². The molecule has 4 aromatic rings. The summed E-state index contributed by atoms with van der Waals surface area (Å²) in [6.45, 7) is 0. The van der Waals surface area contributed by atoms with Crippen LogP contribution >= 0.6 is 11.8 Å². The number of benzene rings is 3. The number of anilines is 1. The Labute approximate surface area is 212 Å². The number of methoxy groups -OCH3 is 1. The van der Waals surface area contributed by atoms with Crippen molar-refractivity contribution in [2.75, 3.05) is 18.6 Å². The van der Waals surface area contributed by atoms with Crippen molar-refractivity contribution < 1.29 is 9.53 Å². The molecule has 9 heteroatoms. The Morgan fingerprint density at radius 3 is 2.67 bits per heavy atom. The van der Waals surface area contributed by atoms with Crippen LogP contribution in [0, 0.1) is 11.3 Å². The second-order valence-corrected chi connectivity index (χ2v) is 9.13. The van der Waals surface area contributed by atoms with Crippen molar-refractivity contribution in [3.05, 3.63) is 89.6 Å². The van der Waals surface area contributed by atoms with Crippen LogP contribution in [0.3, 0.4) is 0 Å². The molecule has 0 fully saturated rings. The van der Waals surface area contributed by atoms with Gasteiger partial charge < -0.3 is 10.5 Å². The second-order valence-electron chi connectivity index (χ2n) is 8.19. The number of carbonyl (C=O) groups is 1. The average Bonchev–Trinajstić information content (AvgIpc) is 3.37. The predicted octanol–water partition coefficient (Wildman–Crippen LogP) is 4.56. The van der Waals surface area contributed by atoms with E-state index >= 15 is 0 Å². The molecule has 1 aliphatic rings. The van der Waals surface area contributed by atoms with Gasteiger partial charge in [0.1, 0.15) is 23.2 Å². The summed E-state index contributed by atoms with van der Waals surface area (Å²) in [7, 11) is 1.62. The first kappa shape index (κ1) is 23.3. The number of thioether (sulfide) groups is 1. The van der Waals surface area contributed by atoms with E-state index in [1.54, 1.807) is 12.1 Å². The van der Waals surface area contributed by atoms with Gasteiger partial charge in [0.15, 0.2) is 5.16 Å². The van der Waals surface area contributed by atoms with Crippen molar-refractivity contribution in [3.8, 4) is 11.8 Å². The van der Waals surface area contributed by atoms with Gasteiger partial charge in [-0.1, -0.05) is 60.3 Å². The number of amides is 1. The Morgan fingerprint density at radius 1 is 1.17 bits per heavy atom. The van der Waals surface area contributed by atoms with Crippen molar-refractivity contribution in [2.45, 2.75) is 17.6 Å². The molecule has 8 nitrogen and oxygen atoms in total. The summed E-state index contributed by atoms with van der Waals surface area (Å²) < 4.78 is 5.29. The van der Waals surface area contributed by atoms with Crippen molar-refractivity contribution in [3.63, 3.8) is 0 Å². The lowest BCUT2D eigenvalue weighted by molar-refractivity contribution is -0.130. The van der Waals surface area contributed by atoms with Crippen LogP contribution in [0.1, 0.15) is 29.2 Å². The molecule has 0 unspecified atom stereocenters. The summed E-state index contributed by atoms with van der Waals surface area (Å²) in [6, 6.07) is 23.7. The molecule has 0 bridgehead atoms. The first-order valence-corrected chi connectivity index (χ1v) is 12.2. The summed E-state index contributed by atoms with van der Waals surface area (Å²) in [5.41, 5.74) is 8.79. The number of nitrogens with zero attached hydrogens (tertiary/aromatic N) is 5. The number of hydrazone groups is 1.